The summed E-state index contributed by atoms with van der Waals surface area (Å²) in [4.78, 5) is 30.6. The van der Waals surface area contributed by atoms with Crippen molar-refractivity contribution in [3.05, 3.63) is 71.2 Å². The summed E-state index contributed by atoms with van der Waals surface area (Å²) in [5, 5.41) is 15.7. The fraction of sp³-hybridized carbons (Fsp3) is 0.278. The Balaban J connectivity index is 1.34. The van der Waals surface area contributed by atoms with Gasteiger partial charge in [0.1, 0.15) is 17.2 Å². The molecule has 1 saturated carbocycles. The second-order valence-corrected chi connectivity index (χ2v) is 12.1. The number of aliphatic hydroxyl groups is 1. The fourth-order valence-electron chi connectivity index (χ4n) is 6.18. The fourth-order valence-corrected chi connectivity index (χ4v) is 6.51. The topological polar surface area (TPSA) is 125 Å². The number of methoxy groups -OCH3 is 3. The lowest BCUT2D eigenvalue weighted by Gasteiger charge is -2.34. The van der Waals surface area contributed by atoms with Crippen molar-refractivity contribution in [2.24, 2.45) is 13.0 Å². The first-order chi connectivity index (χ1) is 23.2. The molecular formula is C36H35ClN4O7. The molecule has 6 rings (SSSR count). The molecule has 2 heterocycles. The average Bonchev–Trinajstić information content (AvgIpc) is 3.43. The molecule has 0 aliphatic heterocycles. The molecule has 0 radical (unpaired) electrons. The molecule has 1 N–H and O–H groups in total. The lowest BCUT2D eigenvalue weighted by Crippen LogP contribution is -2.40. The molecule has 12 heteroatoms. The van der Waals surface area contributed by atoms with E-state index in [0.717, 1.165) is 27.6 Å². The first kappa shape index (κ1) is 32.8. The minimum absolute atomic E-state index is 0.139. The number of aromatic nitrogens is 3. The Morgan fingerprint density at radius 3 is 2.29 bits per heavy atom. The van der Waals surface area contributed by atoms with Crippen LogP contribution in [0.1, 0.15) is 23.2 Å². The van der Waals surface area contributed by atoms with Crippen LogP contribution in [0, 0.1) is 5.92 Å². The molecule has 1 fully saturated rings. The van der Waals surface area contributed by atoms with E-state index < -0.39 is 6.09 Å². The Morgan fingerprint density at radius 1 is 0.979 bits per heavy atom. The van der Waals surface area contributed by atoms with Gasteiger partial charge < -0.3 is 29.0 Å². The zero-order valence-electron chi connectivity index (χ0n) is 27.2. The Bertz CT molecular complexity index is 2000. The van der Waals surface area contributed by atoms with E-state index in [1.54, 1.807) is 36.0 Å². The third kappa shape index (κ3) is 6.02. The van der Waals surface area contributed by atoms with Gasteiger partial charge in [0.25, 0.3) is 5.88 Å². The molecule has 0 atom stereocenters. The highest BCUT2D eigenvalue weighted by molar-refractivity contribution is 6.36. The molecule has 5 aromatic rings. The Morgan fingerprint density at radius 2 is 1.65 bits per heavy atom. The number of aliphatic hydroxyl groups excluding tert-OH is 1. The number of carbonyl (C=O) groups is 2. The summed E-state index contributed by atoms with van der Waals surface area (Å²) in [5.74, 6) is 1.34. The van der Waals surface area contributed by atoms with Crippen LogP contribution in [-0.2, 0) is 7.05 Å². The van der Waals surface area contributed by atoms with Gasteiger partial charge in [-0.2, -0.15) is 5.10 Å². The predicted octanol–water partition coefficient (Wildman–Crippen LogP) is 6.66. The predicted molar refractivity (Wildman–Crippen MR) is 182 cm³/mol. The highest BCUT2D eigenvalue weighted by atomic mass is 35.5. The minimum atomic E-state index is -0.538. The van der Waals surface area contributed by atoms with E-state index in [1.807, 2.05) is 43.4 Å². The number of amides is 1. The number of hydrogen-bond donors (Lipinski definition) is 1. The molecular weight excluding hydrogens is 636 g/mol. The van der Waals surface area contributed by atoms with Gasteiger partial charge >= 0.3 is 6.09 Å². The highest BCUT2D eigenvalue weighted by Gasteiger charge is 2.30. The van der Waals surface area contributed by atoms with Crippen molar-refractivity contribution in [2.45, 2.75) is 18.9 Å². The number of fused-ring (bicyclic) bond motifs is 1. The van der Waals surface area contributed by atoms with Crippen molar-refractivity contribution in [3.8, 4) is 56.8 Å². The van der Waals surface area contributed by atoms with Gasteiger partial charge in [-0.25, -0.2) is 9.78 Å². The second kappa shape index (κ2) is 13.5. The Hall–Kier alpha value is -5.13. The quantitative estimate of drug-likeness (QED) is 0.162. The zero-order valence-corrected chi connectivity index (χ0v) is 27.9. The summed E-state index contributed by atoms with van der Waals surface area (Å²) in [7, 11) is 7.99. The van der Waals surface area contributed by atoms with Crippen LogP contribution in [0.2, 0.25) is 5.02 Å². The van der Waals surface area contributed by atoms with E-state index >= 15 is 0 Å². The molecule has 11 nitrogen and oxygen atoms in total. The first-order valence-corrected chi connectivity index (χ1v) is 15.7. The summed E-state index contributed by atoms with van der Waals surface area (Å²) in [5.41, 5.74) is 5.38. The maximum absolute atomic E-state index is 12.8. The molecule has 1 amide bonds. The standard InChI is InChI=1S/C36H35ClN4O7/c1-40(18-20-14-22(43)15-20)36(44)48-29-13-12-28(38-35(29)47-5)25-10-6-8-23(32(25)37)24-9-7-11-26-33(39-41(2)34(24)26)21-16-30(45-3)27(19-42)31(17-21)46-4/h6-13,16-17,19-20,22,43H,14-15,18H2,1-5H3. The SMILES string of the molecule is COc1cc(-c2nn(C)c3c(-c4cccc(-c5ccc(OC(=O)N(C)CC6CC(O)C6)c(OC)n5)c4Cl)cccc23)cc(OC)c1C=O. The number of para-hydroxylation sites is 1. The Labute approximate surface area is 282 Å². The van der Waals surface area contributed by atoms with E-state index in [0.29, 0.717) is 64.7 Å². The van der Waals surface area contributed by atoms with Crippen LogP contribution in [0.5, 0.6) is 23.1 Å². The third-order valence-corrected chi connectivity index (χ3v) is 9.04. The number of carbonyl (C=O) groups excluding carboxylic acids is 2. The van der Waals surface area contributed by atoms with E-state index in [1.165, 1.54) is 26.2 Å². The molecule has 1 aliphatic carbocycles. The van der Waals surface area contributed by atoms with Crippen LogP contribution in [0.15, 0.2) is 60.7 Å². The van der Waals surface area contributed by atoms with E-state index in [4.69, 9.17) is 35.6 Å². The van der Waals surface area contributed by atoms with E-state index in [-0.39, 0.29) is 23.7 Å². The molecule has 0 saturated heterocycles. The Kier molecular flexibility index (Phi) is 9.25. The number of ether oxygens (including phenoxy) is 4. The number of pyridine rings is 1. The van der Waals surface area contributed by atoms with Crippen molar-refractivity contribution in [1.82, 2.24) is 19.7 Å². The van der Waals surface area contributed by atoms with Gasteiger partial charge in [0.15, 0.2) is 12.0 Å². The van der Waals surface area contributed by atoms with Gasteiger partial charge in [0.2, 0.25) is 0 Å². The summed E-state index contributed by atoms with van der Waals surface area (Å²) < 4.78 is 23.9. The van der Waals surface area contributed by atoms with Crippen LogP contribution in [0.3, 0.4) is 0 Å². The number of halogens is 1. The van der Waals surface area contributed by atoms with Crippen molar-refractivity contribution >= 4 is 34.9 Å². The van der Waals surface area contributed by atoms with Gasteiger partial charge in [-0.3, -0.25) is 9.48 Å². The molecule has 48 heavy (non-hydrogen) atoms. The van der Waals surface area contributed by atoms with E-state index in [9.17, 15) is 14.7 Å². The molecule has 248 valence electrons. The van der Waals surface area contributed by atoms with Gasteiger partial charge in [0, 0.05) is 48.3 Å². The summed E-state index contributed by atoms with van der Waals surface area (Å²) in [6, 6.07) is 18.5. The van der Waals surface area contributed by atoms with Crippen LogP contribution < -0.4 is 18.9 Å². The van der Waals surface area contributed by atoms with Crippen LogP contribution >= 0.6 is 11.6 Å². The lowest BCUT2D eigenvalue weighted by atomic mass is 9.82. The van der Waals surface area contributed by atoms with Crippen LogP contribution in [0.4, 0.5) is 4.79 Å². The van der Waals surface area contributed by atoms with Gasteiger partial charge in [-0.1, -0.05) is 48.0 Å². The normalized spacial score (nSPS) is 15.5. The summed E-state index contributed by atoms with van der Waals surface area (Å²) in [6.07, 6.45) is 1.23. The van der Waals surface area contributed by atoms with Crippen LogP contribution in [0.25, 0.3) is 44.5 Å². The third-order valence-electron chi connectivity index (χ3n) is 8.64. The maximum atomic E-state index is 12.8. The number of hydrogen-bond acceptors (Lipinski definition) is 9. The number of nitrogens with zero attached hydrogens (tertiary/aromatic N) is 4. The number of rotatable bonds is 10. The van der Waals surface area contributed by atoms with Crippen LogP contribution in [-0.4, -0.2) is 78.2 Å². The van der Waals surface area contributed by atoms with Crippen molar-refractivity contribution in [1.29, 1.82) is 0 Å². The minimum Gasteiger partial charge on any atom is -0.496 e. The van der Waals surface area contributed by atoms with Crippen molar-refractivity contribution < 1.29 is 33.6 Å². The second-order valence-electron chi connectivity index (χ2n) is 11.7. The molecule has 0 bridgehead atoms. The van der Waals surface area contributed by atoms with Crippen molar-refractivity contribution in [3.63, 3.8) is 0 Å². The molecule has 0 spiro atoms. The molecule has 3 aromatic carbocycles. The average molecular weight is 671 g/mol. The number of benzene rings is 3. The van der Waals surface area contributed by atoms with Gasteiger partial charge in [-0.15, -0.1) is 0 Å². The van der Waals surface area contributed by atoms with Gasteiger partial charge in [0.05, 0.1) is 49.2 Å². The molecule has 1 aliphatic rings. The summed E-state index contributed by atoms with van der Waals surface area (Å²) in [6.45, 7) is 0.492. The molecule has 2 aromatic heterocycles. The van der Waals surface area contributed by atoms with E-state index in [2.05, 4.69) is 4.98 Å². The lowest BCUT2D eigenvalue weighted by molar-refractivity contribution is 0.0295. The number of aryl methyl sites for hydroxylation is 1. The summed E-state index contributed by atoms with van der Waals surface area (Å²) >= 11 is 7.12. The smallest absolute Gasteiger partial charge is 0.415 e. The maximum Gasteiger partial charge on any atom is 0.415 e. The highest BCUT2D eigenvalue weighted by Crippen LogP contribution is 2.43. The van der Waals surface area contributed by atoms with Gasteiger partial charge in [-0.05, 0) is 43.0 Å². The zero-order chi connectivity index (χ0) is 34.1. The number of aldehydes is 1. The molecule has 0 unspecified atom stereocenters. The first-order valence-electron chi connectivity index (χ1n) is 15.3. The largest absolute Gasteiger partial charge is 0.496 e. The monoisotopic (exact) mass is 670 g/mol. The van der Waals surface area contributed by atoms with Crippen molar-refractivity contribution in [2.75, 3.05) is 34.9 Å².